The Balaban J connectivity index is 2.12. The van der Waals surface area contributed by atoms with E-state index >= 15 is 0 Å². The number of hydrogen-bond donors (Lipinski definition) is 2. The minimum absolute atomic E-state index is 0.00466. The van der Waals surface area contributed by atoms with Gasteiger partial charge in [0.25, 0.3) is 0 Å². The van der Waals surface area contributed by atoms with Gasteiger partial charge in [-0.2, -0.15) is 0 Å². The fourth-order valence-corrected chi connectivity index (χ4v) is 3.25. The molecule has 0 bridgehead atoms. The maximum Gasteiger partial charge on any atom is 0.514 e. The fraction of sp³-hybridized carbons (Fsp3) is 0.484. The average Bonchev–Trinajstić information content (AvgIpc) is 2.92. The molecule has 236 valence electrons. The van der Waals surface area contributed by atoms with Crippen LogP contribution >= 0.6 is 0 Å². The second kappa shape index (κ2) is 17.0. The molecule has 0 saturated carbocycles. The number of rotatable bonds is 14. The Morgan fingerprint density at radius 1 is 0.698 bits per heavy atom. The molecule has 0 aromatic heterocycles. The standard InChI is InChI=1S/C31H41NO11/c1-18(2)21(6)39-30(36)42-26-14-13-23(16-27(26)43-31(37)40-22(7)19(3)4)15-25(28(33)34)32-17-20(5)38-29(35)41-24-11-9-8-10-12-24/h8-14,16,18-22,25,32H,15,17H2,1-7H3,(H,33,34)/t20?,21?,22?,25-/m0/s1. The van der Waals surface area contributed by atoms with E-state index in [1.165, 1.54) is 18.2 Å². The van der Waals surface area contributed by atoms with Crippen LogP contribution in [0.1, 0.15) is 54.0 Å². The van der Waals surface area contributed by atoms with Gasteiger partial charge in [0.2, 0.25) is 0 Å². The quantitative estimate of drug-likeness (QED) is 0.148. The van der Waals surface area contributed by atoms with Crippen LogP contribution in [0.4, 0.5) is 14.4 Å². The lowest BCUT2D eigenvalue weighted by Gasteiger charge is -2.20. The van der Waals surface area contributed by atoms with Crippen molar-refractivity contribution < 1.29 is 52.7 Å². The normalized spacial score (nSPS) is 13.8. The van der Waals surface area contributed by atoms with Crippen LogP contribution in [0.5, 0.6) is 17.2 Å². The Morgan fingerprint density at radius 2 is 1.23 bits per heavy atom. The molecular formula is C31H41NO11. The van der Waals surface area contributed by atoms with Crippen LogP contribution in [0.25, 0.3) is 0 Å². The van der Waals surface area contributed by atoms with Gasteiger partial charge >= 0.3 is 24.4 Å². The number of nitrogens with one attached hydrogen (secondary N) is 1. The molecular weight excluding hydrogens is 562 g/mol. The van der Waals surface area contributed by atoms with Gasteiger partial charge in [-0.05, 0) is 68.9 Å². The van der Waals surface area contributed by atoms with Crippen LogP contribution in [0.2, 0.25) is 0 Å². The minimum Gasteiger partial charge on any atom is -0.480 e. The molecule has 0 saturated heterocycles. The molecule has 0 amide bonds. The van der Waals surface area contributed by atoms with Crippen LogP contribution in [-0.2, 0) is 25.4 Å². The van der Waals surface area contributed by atoms with Crippen molar-refractivity contribution in [2.75, 3.05) is 6.54 Å². The third-order valence-electron chi connectivity index (χ3n) is 6.47. The van der Waals surface area contributed by atoms with Crippen LogP contribution < -0.4 is 19.5 Å². The maximum atomic E-state index is 12.5. The van der Waals surface area contributed by atoms with E-state index in [1.807, 2.05) is 27.7 Å². The number of carbonyl (C=O) groups is 4. The van der Waals surface area contributed by atoms with Crippen molar-refractivity contribution in [3.63, 3.8) is 0 Å². The number of ether oxygens (including phenoxy) is 6. The van der Waals surface area contributed by atoms with Gasteiger partial charge in [-0.25, -0.2) is 14.4 Å². The fourth-order valence-electron chi connectivity index (χ4n) is 3.25. The Labute approximate surface area is 251 Å². The van der Waals surface area contributed by atoms with E-state index in [4.69, 9.17) is 28.4 Å². The topological polar surface area (TPSA) is 156 Å². The van der Waals surface area contributed by atoms with Gasteiger partial charge in [0, 0.05) is 6.54 Å². The lowest BCUT2D eigenvalue weighted by molar-refractivity contribution is -0.139. The van der Waals surface area contributed by atoms with Crippen molar-refractivity contribution in [1.82, 2.24) is 5.32 Å². The second-order valence-corrected chi connectivity index (χ2v) is 10.7. The first-order valence-electron chi connectivity index (χ1n) is 14.0. The van der Waals surface area contributed by atoms with Gasteiger partial charge in [0.1, 0.15) is 30.1 Å². The smallest absolute Gasteiger partial charge is 0.480 e. The Bertz CT molecular complexity index is 1220. The van der Waals surface area contributed by atoms with E-state index in [-0.39, 0.29) is 36.3 Å². The Kier molecular flexibility index (Phi) is 13.8. The van der Waals surface area contributed by atoms with E-state index in [0.29, 0.717) is 11.3 Å². The highest BCUT2D eigenvalue weighted by Gasteiger charge is 2.24. The summed E-state index contributed by atoms with van der Waals surface area (Å²) >= 11 is 0. The average molecular weight is 604 g/mol. The van der Waals surface area contributed by atoms with E-state index in [0.717, 1.165) is 0 Å². The number of carboxylic acids is 1. The van der Waals surface area contributed by atoms with Crippen LogP contribution in [0.15, 0.2) is 48.5 Å². The number of para-hydroxylation sites is 1. The van der Waals surface area contributed by atoms with Gasteiger partial charge in [-0.15, -0.1) is 0 Å². The monoisotopic (exact) mass is 603 g/mol. The van der Waals surface area contributed by atoms with Crippen molar-refractivity contribution in [2.45, 2.75) is 79.2 Å². The highest BCUT2D eigenvalue weighted by molar-refractivity contribution is 5.74. The molecule has 0 aliphatic rings. The first-order valence-corrected chi connectivity index (χ1v) is 14.0. The molecule has 43 heavy (non-hydrogen) atoms. The van der Waals surface area contributed by atoms with Gasteiger partial charge in [0.05, 0.1) is 0 Å². The predicted molar refractivity (Wildman–Crippen MR) is 155 cm³/mol. The van der Waals surface area contributed by atoms with Crippen LogP contribution in [0, 0.1) is 11.8 Å². The molecule has 0 spiro atoms. The summed E-state index contributed by atoms with van der Waals surface area (Å²) in [7, 11) is 0. The number of aliphatic carboxylic acids is 1. The van der Waals surface area contributed by atoms with Gasteiger partial charge in [-0.1, -0.05) is 52.0 Å². The molecule has 2 rings (SSSR count). The zero-order valence-corrected chi connectivity index (χ0v) is 25.5. The summed E-state index contributed by atoms with van der Waals surface area (Å²) in [6, 6.07) is 11.5. The number of benzene rings is 2. The highest BCUT2D eigenvalue weighted by Crippen LogP contribution is 2.30. The van der Waals surface area contributed by atoms with Gasteiger partial charge in [-0.3, -0.25) is 4.79 Å². The van der Waals surface area contributed by atoms with E-state index < -0.39 is 48.8 Å². The highest BCUT2D eigenvalue weighted by atomic mass is 16.8. The summed E-state index contributed by atoms with van der Waals surface area (Å²) in [6.45, 7) is 12.5. The summed E-state index contributed by atoms with van der Waals surface area (Å²) in [6.07, 6.45) is -4.59. The van der Waals surface area contributed by atoms with Gasteiger partial charge < -0.3 is 38.8 Å². The maximum absolute atomic E-state index is 12.5. The van der Waals surface area contributed by atoms with E-state index in [2.05, 4.69) is 5.32 Å². The third kappa shape index (κ3) is 12.6. The number of hydrogen-bond acceptors (Lipinski definition) is 11. The first kappa shape index (κ1) is 34.9. The zero-order valence-electron chi connectivity index (χ0n) is 25.5. The molecule has 12 nitrogen and oxygen atoms in total. The number of carboxylic acid groups (broad SMARTS) is 1. The molecule has 0 radical (unpaired) electrons. The zero-order chi connectivity index (χ0) is 32.1. The van der Waals surface area contributed by atoms with Crippen molar-refractivity contribution in [3.05, 3.63) is 54.1 Å². The SMILES string of the molecule is CC(CN[C@@H](Cc1ccc(OC(=O)OC(C)C(C)C)c(OC(=O)OC(C)C(C)C)c1)C(=O)O)OC(=O)Oc1ccccc1. The first-order chi connectivity index (χ1) is 20.2. The van der Waals surface area contributed by atoms with E-state index in [9.17, 15) is 24.3 Å². The van der Waals surface area contributed by atoms with Crippen molar-refractivity contribution in [2.24, 2.45) is 11.8 Å². The van der Waals surface area contributed by atoms with E-state index in [1.54, 1.807) is 51.1 Å². The summed E-state index contributed by atoms with van der Waals surface area (Å²) in [5.41, 5.74) is 0.438. The van der Waals surface area contributed by atoms with Crippen LogP contribution in [0.3, 0.4) is 0 Å². The number of carbonyl (C=O) groups excluding carboxylic acids is 3. The van der Waals surface area contributed by atoms with Crippen molar-refractivity contribution in [3.8, 4) is 17.2 Å². The second-order valence-electron chi connectivity index (χ2n) is 10.7. The van der Waals surface area contributed by atoms with Crippen molar-refractivity contribution >= 4 is 24.4 Å². The summed E-state index contributed by atoms with van der Waals surface area (Å²) < 4.78 is 31.5. The molecule has 0 heterocycles. The summed E-state index contributed by atoms with van der Waals surface area (Å²) in [5, 5.41) is 12.7. The van der Waals surface area contributed by atoms with Crippen LogP contribution in [-0.4, -0.2) is 60.4 Å². The summed E-state index contributed by atoms with van der Waals surface area (Å²) in [5.74, 6) is -1.06. The molecule has 0 fully saturated rings. The predicted octanol–water partition coefficient (Wildman–Crippen LogP) is 6.00. The van der Waals surface area contributed by atoms with Gasteiger partial charge in [0.15, 0.2) is 11.5 Å². The molecule has 4 atom stereocenters. The lowest BCUT2D eigenvalue weighted by atomic mass is 10.0. The molecule has 2 N–H and O–H groups in total. The molecule has 2 aromatic carbocycles. The summed E-state index contributed by atoms with van der Waals surface area (Å²) in [4.78, 5) is 48.9. The molecule has 0 aliphatic heterocycles. The molecule has 12 heteroatoms. The molecule has 0 aliphatic carbocycles. The Hall–Kier alpha value is -4.32. The third-order valence-corrected chi connectivity index (χ3v) is 6.47. The van der Waals surface area contributed by atoms with Crippen molar-refractivity contribution in [1.29, 1.82) is 0 Å². The largest absolute Gasteiger partial charge is 0.514 e. The lowest BCUT2D eigenvalue weighted by Crippen LogP contribution is -2.42. The molecule has 2 aromatic rings. The molecule has 3 unspecified atom stereocenters. The minimum atomic E-state index is -1.17. The Morgan fingerprint density at radius 3 is 1.77 bits per heavy atom.